The number of carboxylic acids is 1. The summed E-state index contributed by atoms with van der Waals surface area (Å²) >= 11 is 1.65. The molecule has 0 aliphatic carbocycles. The molecule has 2 N–H and O–H groups in total. The van der Waals surface area contributed by atoms with Gasteiger partial charge in [0.25, 0.3) is 5.91 Å². The van der Waals surface area contributed by atoms with Gasteiger partial charge in [0, 0.05) is 5.56 Å². The maximum absolute atomic E-state index is 12.4. The van der Waals surface area contributed by atoms with E-state index in [0.29, 0.717) is 29.2 Å². The van der Waals surface area contributed by atoms with E-state index in [1.54, 1.807) is 36.0 Å². The highest BCUT2D eigenvalue weighted by Crippen LogP contribution is 2.21. The highest BCUT2D eigenvalue weighted by atomic mass is 32.2. The minimum absolute atomic E-state index is 0.364. The van der Waals surface area contributed by atoms with Crippen molar-refractivity contribution < 1.29 is 19.4 Å². The number of para-hydroxylation sites is 1. The number of carboxylic acid groups (broad SMARTS) is 1. The van der Waals surface area contributed by atoms with Crippen molar-refractivity contribution in [2.75, 3.05) is 11.5 Å². The Balaban J connectivity index is 2.03. The molecule has 0 fully saturated rings. The number of hydrogen-bond acceptors (Lipinski definition) is 4. The summed E-state index contributed by atoms with van der Waals surface area (Å²) in [5.74, 6) is 1.34. The quantitative estimate of drug-likeness (QED) is 0.666. The minimum Gasteiger partial charge on any atom is -0.480 e. The first-order chi connectivity index (χ1) is 12.1. The number of benzene rings is 2. The molecule has 0 spiro atoms. The molecule has 1 amide bonds. The Morgan fingerprint density at radius 3 is 2.52 bits per heavy atom. The molecule has 0 aliphatic rings. The minimum atomic E-state index is -1.03. The monoisotopic (exact) mass is 359 g/mol. The number of nitrogens with one attached hydrogen (secondary N) is 1. The van der Waals surface area contributed by atoms with Gasteiger partial charge in [-0.1, -0.05) is 31.2 Å². The molecule has 2 aromatic rings. The lowest BCUT2D eigenvalue weighted by Gasteiger charge is -2.14. The number of carbonyl (C=O) groups is 2. The van der Waals surface area contributed by atoms with Crippen molar-refractivity contribution in [1.82, 2.24) is 5.32 Å². The van der Waals surface area contributed by atoms with Gasteiger partial charge >= 0.3 is 5.97 Å². The summed E-state index contributed by atoms with van der Waals surface area (Å²) in [4.78, 5) is 23.7. The third-order valence-corrected chi connectivity index (χ3v) is 4.37. The summed E-state index contributed by atoms with van der Waals surface area (Å²) in [7, 11) is 0. The summed E-state index contributed by atoms with van der Waals surface area (Å²) in [5.41, 5.74) is 0.364. The fourth-order valence-corrected chi connectivity index (χ4v) is 2.86. The van der Waals surface area contributed by atoms with Crippen LogP contribution in [-0.2, 0) is 4.79 Å². The molecule has 0 heterocycles. The fraction of sp³-hybridized carbons (Fsp3) is 0.263. The number of ether oxygens (including phenoxy) is 1. The third-order valence-electron chi connectivity index (χ3n) is 3.43. The van der Waals surface area contributed by atoms with Crippen LogP contribution >= 0.6 is 11.8 Å². The van der Waals surface area contributed by atoms with Crippen molar-refractivity contribution in [3.05, 3.63) is 60.2 Å². The number of amides is 1. The molecular formula is C19H21NO4S. The number of carbonyl (C=O) groups excluding carboxylic acids is 1. The lowest BCUT2D eigenvalue weighted by molar-refractivity contribution is -0.139. The highest BCUT2D eigenvalue weighted by Gasteiger charge is 2.20. The highest BCUT2D eigenvalue weighted by molar-refractivity contribution is 7.99. The normalized spacial score (nSPS) is 11.6. The van der Waals surface area contributed by atoms with Crippen molar-refractivity contribution in [3.63, 3.8) is 0 Å². The van der Waals surface area contributed by atoms with Crippen LogP contribution in [0.25, 0.3) is 0 Å². The van der Waals surface area contributed by atoms with Crippen LogP contribution < -0.4 is 10.1 Å². The summed E-state index contributed by atoms with van der Waals surface area (Å²) in [6, 6.07) is 15.0. The SMILES string of the molecule is CCSCCC(NC(=O)c1cccc(Oc2ccccc2)c1)C(=O)O. The standard InChI is InChI=1S/C19H21NO4S/c1-2-25-12-11-17(19(22)23)20-18(21)14-7-6-10-16(13-14)24-15-8-4-3-5-9-15/h3-10,13,17H,2,11-12H2,1H3,(H,20,21)(H,22,23). The second kappa shape index (κ2) is 9.74. The summed E-state index contributed by atoms with van der Waals surface area (Å²) in [6.45, 7) is 2.01. The van der Waals surface area contributed by atoms with Crippen LogP contribution in [0.15, 0.2) is 54.6 Å². The van der Waals surface area contributed by atoms with Crippen molar-refractivity contribution in [3.8, 4) is 11.5 Å². The Kier molecular flexibility index (Phi) is 7.35. The predicted molar refractivity (Wildman–Crippen MR) is 99.5 cm³/mol. The number of aliphatic carboxylic acids is 1. The third kappa shape index (κ3) is 6.15. The van der Waals surface area contributed by atoms with Gasteiger partial charge in [0.2, 0.25) is 0 Å². The Bertz CT molecular complexity index is 706. The zero-order valence-corrected chi connectivity index (χ0v) is 14.8. The van der Waals surface area contributed by atoms with Crippen LogP contribution in [0, 0.1) is 0 Å². The first kappa shape index (κ1) is 18.9. The average Bonchev–Trinajstić information content (AvgIpc) is 2.62. The van der Waals surface area contributed by atoms with Gasteiger partial charge in [-0.05, 0) is 48.3 Å². The van der Waals surface area contributed by atoms with E-state index in [9.17, 15) is 14.7 Å². The van der Waals surface area contributed by atoms with Crippen LogP contribution in [0.4, 0.5) is 0 Å². The van der Waals surface area contributed by atoms with E-state index >= 15 is 0 Å². The molecule has 2 rings (SSSR count). The van der Waals surface area contributed by atoms with E-state index in [-0.39, 0.29) is 0 Å². The Hall–Kier alpha value is -2.47. The molecule has 1 atom stereocenters. The molecule has 0 saturated heterocycles. The van der Waals surface area contributed by atoms with E-state index in [1.165, 1.54) is 0 Å². The second-order valence-electron chi connectivity index (χ2n) is 5.29. The summed E-state index contributed by atoms with van der Waals surface area (Å²) < 4.78 is 5.70. The van der Waals surface area contributed by atoms with Gasteiger partial charge in [-0.2, -0.15) is 11.8 Å². The molecular weight excluding hydrogens is 338 g/mol. The summed E-state index contributed by atoms with van der Waals surface area (Å²) in [6.07, 6.45) is 0.389. The molecule has 2 aromatic carbocycles. The van der Waals surface area contributed by atoms with Gasteiger partial charge in [0.1, 0.15) is 17.5 Å². The van der Waals surface area contributed by atoms with E-state index in [1.807, 2.05) is 37.3 Å². The first-order valence-corrected chi connectivity index (χ1v) is 9.20. The molecule has 0 bridgehead atoms. The fourth-order valence-electron chi connectivity index (χ4n) is 2.17. The Labute approximate surface area is 151 Å². The van der Waals surface area contributed by atoms with Crippen LogP contribution in [0.3, 0.4) is 0 Å². The molecule has 0 aromatic heterocycles. The van der Waals surface area contributed by atoms with E-state index in [2.05, 4.69) is 5.32 Å². The zero-order chi connectivity index (χ0) is 18.1. The van der Waals surface area contributed by atoms with Gasteiger partial charge in [0.05, 0.1) is 0 Å². The number of rotatable bonds is 9. The lowest BCUT2D eigenvalue weighted by atomic mass is 10.1. The van der Waals surface area contributed by atoms with Gasteiger partial charge < -0.3 is 15.2 Å². The van der Waals surface area contributed by atoms with Gasteiger partial charge in [0.15, 0.2) is 0 Å². The number of thioether (sulfide) groups is 1. The van der Waals surface area contributed by atoms with Crippen molar-refractivity contribution in [2.24, 2.45) is 0 Å². The van der Waals surface area contributed by atoms with Gasteiger partial charge in [-0.3, -0.25) is 4.79 Å². The first-order valence-electron chi connectivity index (χ1n) is 8.04. The van der Waals surface area contributed by atoms with Gasteiger partial charge in [-0.15, -0.1) is 0 Å². The molecule has 1 unspecified atom stereocenters. The second-order valence-corrected chi connectivity index (χ2v) is 6.69. The maximum atomic E-state index is 12.4. The molecule has 0 saturated carbocycles. The Morgan fingerprint density at radius 2 is 1.84 bits per heavy atom. The molecule has 132 valence electrons. The molecule has 6 heteroatoms. The van der Waals surface area contributed by atoms with E-state index in [0.717, 1.165) is 5.75 Å². The average molecular weight is 359 g/mol. The smallest absolute Gasteiger partial charge is 0.326 e. The largest absolute Gasteiger partial charge is 0.480 e. The molecule has 0 radical (unpaired) electrons. The van der Waals surface area contributed by atoms with Crippen LogP contribution in [-0.4, -0.2) is 34.5 Å². The maximum Gasteiger partial charge on any atom is 0.326 e. The lowest BCUT2D eigenvalue weighted by Crippen LogP contribution is -2.41. The van der Waals surface area contributed by atoms with E-state index in [4.69, 9.17) is 4.74 Å². The zero-order valence-electron chi connectivity index (χ0n) is 14.0. The molecule has 0 aliphatic heterocycles. The van der Waals surface area contributed by atoms with Crippen LogP contribution in [0.1, 0.15) is 23.7 Å². The van der Waals surface area contributed by atoms with Crippen molar-refractivity contribution >= 4 is 23.6 Å². The predicted octanol–water partition coefficient (Wildman–Crippen LogP) is 3.81. The number of hydrogen-bond donors (Lipinski definition) is 2. The topological polar surface area (TPSA) is 75.6 Å². The van der Waals surface area contributed by atoms with Gasteiger partial charge in [-0.25, -0.2) is 4.79 Å². The molecule has 5 nitrogen and oxygen atoms in total. The van der Waals surface area contributed by atoms with Crippen molar-refractivity contribution in [1.29, 1.82) is 0 Å². The van der Waals surface area contributed by atoms with Crippen LogP contribution in [0.5, 0.6) is 11.5 Å². The van der Waals surface area contributed by atoms with E-state index < -0.39 is 17.9 Å². The van der Waals surface area contributed by atoms with Crippen LogP contribution in [0.2, 0.25) is 0 Å². The molecule has 25 heavy (non-hydrogen) atoms. The Morgan fingerprint density at radius 1 is 1.12 bits per heavy atom. The van der Waals surface area contributed by atoms with Crippen molar-refractivity contribution in [2.45, 2.75) is 19.4 Å². The summed E-state index contributed by atoms with van der Waals surface area (Å²) in [5, 5.41) is 11.8.